The second-order valence-corrected chi connectivity index (χ2v) is 8.50. The third-order valence-corrected chi connectivity index (χ3v) is 6.10. The molecule has 37 heavy (non-hydrogen) atoms. The lowest BCUT2D eigenvalue weighted by Gasteiger charge is -2.14. The van der Waals surface area contributed by atoms with Crippen molar-refractivity contribution in [2.75, 3.05) is 49.8 Å². The van der Waals surface area contributed by atoms with Crippen LogP contribution in [0.3, 0.4) is 0 Å². The van der Waals surface area contributed by atoms with E-state index in [4.69, 9.17) is 37.3 Å². The minimum absolute atomic E-state index is 0.00273. The zero-order valence-electron chi connectivity index (χ0n) is 21.6. The van der Waals surface area contributed by atoms with Gasteiger partial charge in [0.05, 0.1) is 49.8 Å². The van der Waals surface area contributed by atoms with Crippen LogP contribution in [-0.4, -0.2) is 63.3 Å². The highest BCUT2D eigenvalue weighted by Gasteiger charge is 2.20. The molecule has 0 atom stereocenters. The van der Waals surface area contributed by atoms with Crippen molar-refractivity contribution in [2.24, 2.45) is 0 Å². The molecule has 0 spiro atoms. The van der Waals surface area contributed by atoms with Crippen LogP contribution in [-0.2, 0) is 10.1 Å². The Morgan fingerprint density at radius 3 is 1.30 bits per heavy atom. The van der Waals surface area contributed by atoms with E-state index >= 15 is 0 Å². The lowest BCUT2D eigenvalue weighted by molar-refractivity contribution is 0.320. The van der Waals surface area contributed by atoms with E-state index in [1.54, 1.807) is 0 Å². The summed E-state index contributed by atoms with van der Waals surface area (Å²) in [5.74, 6) is 2.95. The van der Waals surface area contributed by atoms with Gasteiger partial charge in [-0.25, -0.2) is 0 Å². The Balaban J connectivity index is 0.000000312. The Kier molecular flexibility index (Phi) is 10.4. The van der Waals surface area contributed by atoms with Crippen LogP contribution >= 0.6 is 0 Å². The number of hydrogen-bond acceptors (Lipinski definition) is 11. The quantitative estimate of drug-likeness (QED) is 0.377. The van der Waals surface area contributed by atoms with Gasteiger partial charge in [0.1, 0.15) is 16.4 Å². The molecule has 0 radical (unpaired) electrons. The number of hydrogen-bond donors (Lipinski definition) is 1. The van der Waals surface area contributed by atoms with Gasteiger partial charge >= 0.3 is 10.1 Å². The highest BCUT2D eigenvalue weighted by atomic mass is 32.2. The van der Waals surface area contributed by atoms with Crippen LogP contribution in [0, 0.1) is 0 Å². The van der Waals surface area contributed by atoms with Crippen molar-refractivity contribution < 1.29 is 50.9 Å². The zero-order chi connectivity index (χ0) is 27.6. The first-order valence-corrected chi connectivity index (χ1v) is 12.0. The summed E-state index contributed by atoms with van der Waals surface area (Å²) in [6, 6.07) is 11.6. The van der Waals surface area contributed by atoms with Crippen LogP contribution < -0.4 is 37.3 Å². The largest absolute Gasteiger partial charge is 0.508 e. The second kappa shape index (κ2) is 13.2. The lowest BCUT2D eigenvalue weighted by Crippen LogP contribution is -2.10. The zero-order valence-corrected chi connectivity index (χ0v) is 22.4. The molecule has 3 aromatic carbocycles. The molecule has 0 saturated carbocycles. The molecule has 12 heteroatoms. The molecule has 11 nitrogen and oxygen atoms in total. The number of benzene rings is 3. The maximum Gasteiger partial charge on any atom is 0.339 e. The number of rotatable bonds is 10. The van der Waals surface area contributed by atoms with Crippen LogP contribution in [0.5, 0.6) is 51.7 Å². The predicted octanol–water partition coefficient (Wildman–Crippen LogP) is 3.91. The molecule has 3 aromatic rings. The highest BCUT2D eigenvalue weighted by Crippen LogP contribution is 2.42. The molecule has 0 heterocycles. The highest BCUT2D eigenvalue weighted by molar-refractivity contribution is 7.87. The van der Waals surface area contributed by atoms with Crippen molar-refractivity contribution in [1.29, 1.82) is 0 Å². The minimum Gasteiger partial charge on any atom is -0.508 e. The molecule has 0 aliphatic heterocycles. The average Bonchev–Trinajstić information content (AvgIpc) is 2.91. The normalized spacial score (nSPS) is 10.4. The third-order valence-electron chi connectivity index (χ3n) is 4.84. The van der Waals surface area contributed by atoms with Crippen molar-refractivity contribution in [3.8, 4) is 51.7 Å². The summed E-state index contributed by atoms with van der Waals surface area (Å²) in [7, 11) is 6.30. The van der Waals surface area contributed by atoms with Gasteiger partial charge in [0, 0.05) is 24.3 Å². The van der Waals surface area contributed by atoms with Crippen molar-refractivity contribution >= 4 is 10.1 Å². The van der Waals surface area contributed by atoms with Gasteiger partial charge in [-0.15, -0.1) is 0 Å². The van der Waals surface area contributed by atoms with Crippen LogP contribution in [0.1, 0.15) is 0 Å². The second-order valence-electron chi connectivity index (χ2n) is 6.96. The summed E-state index contributed by atoms with van der Waals surface area (Å²) in [4.78, 5) is -0.00273. The van der Waals surface area contributed by atoms with Crippen molar-refractivity contribution in [3.05, 3.63) is 48.5 Å². The molecule has 0 saturated heterocycles. The van der Waals surface area contributed by atoms with Crippen molar-refractivity contribution in [1.82, 2.24) is 0 Å². The smallest absolute Gasteiger partial charge is 0.339 e. The van der Waals surface area contributed by atoms with E-state index in [0.717, 1.165) is 0 Å². The molecule has 0 bridgehead atoms. The van der Waals surface area contributed by atoms with Gasteiger partial charge in [-0.1, -0.05) is 0 Å². The van der Waals surface area contributed by atoms with E-state index in [1.165, 1.54) is 98.3 Å². The lowest BCUT2D eigenvalue weighted by atomic mass is 10.2. The summed E-state index contributed by atoms with van der Waals surface area (Å²) in [5.41, 5.74) is 0. The fraction of sp³-hybridized carbons (Fsp3) is 0.280. The number of phenols is 1. The molecule has 0 aromatic heterocycles. The van der Waals surface area contributed by atoms with E-state index in [9.17, 15) is 13.5 Å². The summed E-state index contributed by atoms with van der Waals surface area (Å²) in [5, 5.41) is 9.26. The van der Waals surface area contributed by atoms with Gasteiger partial charge in [-0.05, 0) is 24.3 Å². The van der Waals surface area contributed by atoms with Crippen LogP contribution in [0.15, 0.2) is 53.4 Å². The molecule has 3 rings (SSSR count). The summed E-state index contributed by atoms with van der Waals surface area (Å²) in [6.45, 7) is 0. The van der Waals surface area contributed by atoms with Gasteiger partial charge < -0.3 is 42.4 Å². The summed E-state index contributed by atoms with van der Waals surface area (Å²) < 4.78 is 65.5. The molecular weight excluding hydrogens is 508 g/mol. The Labute approximate surface area is 216 Å². The Morgan fingerprint density at radius 1 is 0.541 bits per heavy atom. The number of ether oxygens (including phenoxy) is 7. The van der Waals surface area contributed by atoms with Crippen LogP contribution in [0.25, 0.3) is 0 Å². The maximum absolute atomic E-state index is 12.4. The first-order valence-electron chi connectivity index (χ1n) is 10.5. The van der Waals surface area contributed by atoms with E-state index in [-0.39, 0.29) is 27.9 Å². The van der Waals surface area contributed by atoms with Gasteiger partial charge in [0.25, 0.3) is 0 Å². The van der Waals surface area contributed by atoms with Gasteiger partial charge in [0.2, 0.25) is 11.5 Å². The predicted molar refractivity (Wildman–Crippen MR) is 135 cm³/mol. The number of aromatic hydroxyl groups is 1. The Hall–Kier alpha value is -4.19. The molecule has 202 valence electrons. The molecule has 0 aliphatic carbocycles. The van der Waals surface area contributed by atoms with Gasteiger partial charge in [-0.3, -0.25) is 0 Å². The SMILES string of the molecule is COc1cc(O)cc(OC)c1OC.COc1ccc(S(=O)(=O)Oc2cc(OC)c(OC)c(OC)c2)cc1. The number of methoxy groups -OCH3 is 7. The van der Waals surface area contributed by atoms with Crippen LogP contribution in [0.4, 0.5) is 0 Å². The average molecular weight is 539 g/mol. The molecule has 1 N–H and O–H groups in total. The summed E-state index contributed by atoms with van der Waals surface area (Å²) in [6.07, 6.45) is 0. The number of phenolic OH excluding ortho intramolecular Hbond substituents is 1. The molecule has 0 fully saturated rings. The molecule has 0 unspecified atom stereocenters. The molecular formula is C25H30O11S. The van der Waals surface area contributed by atoms with E-state index in [2.05, 4.69) is 0 Å². The van der Waals surface area contributed by atoms with E-state index in [1.807, 2.05) is 0 Å². The molecule has 0 aliphatic rings. The van der Waals surface area contributed by atoms with Gasteiger partial charge in [0.15, 0.2) is 28.7 Å². The van der Waals surface area contributed by atoms with Crippen LogP contribution in [0.2, 0.25) is 0 Å². The molecule has 0 amide bonds. The monoisotopic (exact) mass is 538 g/mol. The first kappa shape index (κ1) is 29.0. The van der Waals surface area contributed by atoms with Gasteiger partial charge in [-0.2, -0.15) is 8.42 Å². The third kappa shape index (κ3) is 7.17. The van der Waals surface area contributed by atoms with E-state index in [0.29, 0.717) is 28.7 Å². The fourth-order valence-electron chi connectivity index (χ4n) is 3.09. The Bertz CT molecular complexity index is 1220. The standard InChI is InChI=1S/C16H18O7S.C9H12O4/c1-19-11-5-7-13(8-6-11)24(17,18)23-12-9-14(20-2)16(22-4)15(10-12)21-3;1-11-7-4-6(10)5-8(12-2)9(7)13-3/h5-10H,1-4H3;4-5,10H,1-3H3. The van der Waals surface area contributed by atoms with E-state index < -0.39 is 10.1 Å². The van der Waals surface area contributed by atoms with Crippen molar-refractivity contribution in [3.63, 3.8) is 0 Å². The fourth-order valence-corrected chi connectivity index (χ4v) is 4.00. The topological polar surface area (TPSA) is 128 Å². The minimum atomic E-state index is -4.02. The summed E-state index contributed by atoms with van der Waals surface area (Å²) >= 11 is 0. The van der Waals surface area contributed by atoms with Crippen molar-refractivity contribution in [2.45, 2.75) is 4.90 Å². The first-order chi connectivity index (χ1) is 17.7. The maximum atomic E-state index is 12.4. The Morgan fingerprint density at radius 2 is 0.946 bits per heavy atom.